The van der Waals surface area contributed by atoms with Crippen LogP contribution in [-0.2, 0) is 9.53 Å². The topological polar surface area (TPSA) is 66.8 Å². The molecule has 2 atom stereocenters. The van der Waals surface area contributed by atoms with Crippen molar-refractivity contribution in [2.24, 2.45) is 0 Å². The molecule has 0 radical (unpaired) electrons. The van der Waals surface area contributed by atoms with E-state index in [0.717, 1.165) is 11.8 Å². The summed E-state index contributed by atoms with van der Waals surface area (Å²) in [5, 5.41) is 17.2. The van der Waals surface area contributed by atoms with Gasteiger partial charge in [-0.15, -0.1) is 11.8 Å². The first-order valence-electron chi connectivity index (χ1n) is 3.72. The molecule has 12 heavy (non-hydrogen) atoms. The van der Waals surface area contributed by atoms with Gasteiger partial charge in [0.25, 0.3) is 0 Å². The van der Waals surface area contributed by atoms with Gasteiger partial charge in [0, 0.05) is 12.4 Å². The summed E-state index contributed by atoms with van der Waals surface area (Å²) in [6.07, 6.45) is -0.0194. The van der Waals surface area contributed by atoms with Crippen molar-refractivity contribution in [1.82, 2.24) is 0 Å². The Bertz CT molecular complexity index is 139. The molecular formula is C7H14O4S. The summed E-state index contributed by atoms with van der Waals surface area (Å²) in [4.78, 5) is 10.2. The number of carbonyl (C=O) groups is 1. The van der Waals surface area contributed by atoms with Gasteiger partial charge in [0.05, 0.1) is 6.10 Å². The number of carboxylic acid groups (broad SMARTS) is 1. The Morgan fingerprint density at radius 3 is 2.67 bits per heavy atom. The van der Waals surface area contributed by atoms with Gasteiger partial charge in [-0.05, 0) is 13.8 Å². The van der Waals surface area contributed by atoms with Gasteiger partial charge in [-0.2, -0.15) is 0 Å². The molecule has 0 amide bonds. The van der Waals surface area contributed by atoms with Crippen molar-refractivity contribution in [3.63, 3.8) is 0 Å². The molecule has 0 aliphatic carbocycles. The number of ether oxygens (including phenoxy) is 1. The second-order valence-electron chi connectivity index (χ2n) is 2.29. The van der Waals surface area contributed by atoms with Gasteiger partial charge in [0.2, 0.25) is 0 Å². The van der Waals surface area contributed by atoms with E-state index in [1.54, 1.807) is 0 Å². The molecule has 0 rings (SSSR count). The summed E-state index contributed by atoms with van der Waals surface area (Å²) in [5.74, 6) is -0.718. The molecule has 5 heteroatoms. The zero-order valence-electron chi connectivity index (χ0n) is 7.19. The van der Waals surface area contributed by atoms with Crippen LogP contribution in [0.25, 0.3) is 0 Å². The van der Waals surface area contributed by atoms with Crippen LogP contribution in [0.2, 0.25) is 0 Å². The van der Waals surface area contributed by atoms with E-state index in [9.17, 15) is 4.79 Å². The fourth-order valence-corrected chi connectivity index (χ4v) is 1.32. The van der Waals surface area contributed by atoms with Crippen molar-refractivity contribution in [3.05, 3.63) is 0 Å². The lowest BCUT2D eigenvalue weighted by atomic mass is 10.5. The van der Waals surface area contributed by atoms with Crippen LogP contribution in [0.4, 0.5) is 0 Å². The summed E-state index contributed by atoms with van der Waals surface area (Å²) in [6, 6.07) is 0. The van der Waals surface area contributed by atoms with Crippen LogP contribution in [-0.4, -0.2) is 40.1 Å². The summed E-state index contributed by atoms with van der Waals surface area (Å²) >= 11 is 0.964. The third-order valence-corrected chi connectivity index (χ3v) is 2.33. The SMILES string of the molecule is CCOC(C)CSC(O)C(=O)O. The molecule has 0 aliphatic heterocycles. The Labute approximate surface area is 75.9 Å². The minimum atomic E-state index is -1.34. The Balaban J connectivity index is 3.46. The molecule has 0 aliphatic rings. The van der Waals surface area contributed by atoms with E-state index in [-0.39, 0.29) is 6.10 Å². The lowest BCUT2D eigenvalue weighted by Crippen LogP contribution is -2.19. The van der Waals surface area contributed by atoms with Crippen LogP contribution in [0.15, 0.2) is 0 Å². The minimum Gasteiger partial charge on any atom is -0.479 e. The molecule has 0 aromatic rings. The van der Waals surface area contributed by atoms with E-state index in [1.807, 2.05) is 13.8 Å². The van der Waals surface area contributed by atoms with Gasteiger partial charge in [-0.25, -0.2) is 4.79 Å². The van der Waals surface area contributed by atoms with E-state index in [0.29, 0.717) is 12.4 Å². The van der Waals surface area contributed by atoms with Gasteiger partial charge < -0.3 is 14.9 Å². The molecule has 0 fully saturated rings. The van der Waals surface area contributed by atoms with Crippen molar-refractivity contribution >= 4 is 17.7 Å². The zero-order valence-corrected chi connectivity index (χ0v) is 8.00. The predicted molar refractivity (Wildman–Crippen MR) is 47.2 cm³/mol. The van der Waals surface area contributed by atoms with E-state index in [4.69, 9.17) is 14.9 Å². The molecule has 4 nitrogen and oxygen atoms in total. The van der Waals surface area contributed by atoms with E-state index in [1.165, 1.54) is 0 Å². The third-order valence-electron chi connectivity index (χ3n) is 1.15. The largest absolute Gasteiger partial charge is 0.479 e. The van der Waals surface area contributed by atoms with Crippen molar-refractivity contribution < 1.29 is 19.7 Å². The molecule has 2 N–H and O–H groups in total. The quantitative estimate of drug-likeness (QED) is 0.604. The molecule has 0 aromatic carbocycles. The molecule has 2 unspecified atom stereocenters. The van der Waals surface area contributed by atoms with E-state index >= 15 is 0 Å². The van der Waals surface area contributed by atoms with Crippen LogP contribution < -0.4 is 0 Å². The summed E-state index contributed by atoms with van der Waals surface area (Å²) in [7, 11) is 0. The minimum absolute atomic E-state index is 0.0194. The Hall–Kier alpha value is -0.260. The molecule has 0 spiro atoms. The normalized spacial score (nSPS) is 15.6. The average Bonchev–Trinajstić information content (AvgIpc) is 2.00. The highest BCUT2D eigenvalue weighted by Crippen LogP contribution is 2.11. The average molecular weight is 194 g/mol. The smallest absolute Gasteiger partial charge is 0.343 e. The molecule has 0 saturated carbocycles. The maximum atomic E-state index is 10.2. The Morgan fingerprint density at radius 2 is 2.25 bits per heavy atom. The molecule has 72 valence electrons. The van der Waals surface area contributed by atoms with Crippen LogP contribution in [0.1, 0.15) is 13.8 Å². The number of hydrogen-bond acceptors (Lipinski definition) is 4. The number of aliphatic hydroxyl groups excluding tert-OH is 1. The number of aliphatic hydroxyl groups is 1. The van der Waals surface area contributed by atoms with E-state index < -0.39 is 11.4 Å². The van der Waals surface area contributed by atoms with Gasteiger partial charge in [-0.1, -0.05) is 0 Å². The first kappa shape index (κ1) is 11.7. The van der Waals surface area contributed by atoms with E-state index in [2.05, 4.69) is 0 Å². The number of thioether (sulfide) groups is 1. The molecule has 0 bridgehead atoms. The molecule has 0 aromatic heterocycles. The summed E-state index contributed by atoms with van der Waals surface area (Å²) in [6.45, 7) is 4.31. The highest BCUT2D eigenvalue weighted by atomic mass is 32.2. The van der Waals surface area contributed by atoms with Crippen molar-refractivity contribution in [2.45, 2.75) is 25.4 Å². The second kappa shape index (κ2) is 6.28. The summed E-state index contributed by atoms with van der Waals surface area (Å²) < 4.78 is 5.15. The van der Waals surface area contributed by atoms with Crippen LogP contribution in [0.5, 0.6) is 0 Å². The van der Waals surface area contributed by atoms with Gasteiger partial charge in [0.15, 0.2) is 5.44 Å². The van der Waals surface area contributed by atoms with Gasteiger partial charge in [0.1, 0.15) is 0 Å². The fraction of sp³-hybridized carbons (Fsp3) is 0.857. The molecule has 0 saturated heterocycles. The predicted octanol–water partition coefficient (Wildman–Crippen LogP) is 0.548. The third kappa shape index (κ3) is 5.40. The molecular weight excluding hydrogens is 180 g/mol. The summed E-state index contributed by atoms with van der Waals surface area (Å²) in [5.41, 5.74) is -1.34. The first-order chi connectivity index (χ1) is 5.57. The van der Waals surface area contributed by atoms with Crippen molar-refractivity contribution in [1.29, 1.82) is 0 Å². The Morgan fingerprint density at radius 1 is 1.67 bits per heavy atom. The first-order valence-corrected chi connectivity index (χ1v) is 4.76. The fourth-order valence-electron chi connectivity index (χ4n) is 0.631. The van der Waals surface area contributed by atoms with Gasteiger partial charge >= 0.3 is 5.97 Å². The lowest BCUT2D eigenvalue weighted by Gasteiger charge is -2.11. The van der Waals surface area contributed by atoms with Crippen LogP contribution in [0.3, 0.4) is 0 Å². The molecule has 0 heterocycles. The maximum Gasteiger partial charge on any atom is 0.343 e. The maximum absolute atomic E-state index is 10.2. The van der Waals surface area contributed by atoms with Crippen LogP contribution >= 0.6 is 11.8 Å². The number of hydrogen-bond donors (Lipinski definition) is 2. The Kier molecular flexibility index (Phi) is 6.14. The second-order valence-corrected chi connectivity index (χ2v) is 3.40. The standard InChI is InChI=1S/C7H14O4S/c1-3-11-5(2)4-12-7(10)6(8)9/h5,7,10H,3-4H2,1-2H3,(H,8,9). The highest BCUT2D eigenvalue weighted by molar-refractivity contribution is 8.00. The lowest BCUT2D eigenvalue weighted by molar-refractivity contribution is -0.141. The zero-order chi connectivity index (χ0) is 9.56. The van der Waals surface area contributed by atoms with Crippen molar-refractivity contribution in [3.8, 4) is 0 Å². The number of rotatable bonds is 6. The van der Waals surface area contributed by atoms with Crippen LogP contribution in [0, 0.1) is 0 Å². The van der Waals surface area contributed by atoms with Crippen molar-refractivity contribution in [2.75, 3.05) is 12.4 Å². The van der Waals surface area contributed by atoms with Gasteiger partial charge in [-0.3, -0.25) is 0 Å². The monoisotopic (exact) mass is 194 g/mol. The number of aliphatic carboxylic acids is 1. The number of carboxylic acids is 1. The highest BCUT2D eigenvalue weighted by Gasteiger charge is 2.14.